The fourth-order valence-electron chi connectivity index (χ4n) is 2.61. The molecule has 2 aromatic rings. The molecule has 22 heavy (non-hydrogen) atoms. The number of fused-ring (bicyclic) bond motifs is 1. The maximum Gasteiger partial charge on any atom is 0.332 e. The maximum atomic E-state index is 12.6. The van der Waals surface area contributed by atoms with Crippen molar-refractivity contribution < 1.29 is 4.74 Å². The molecule has 2 rings (SSSR count). The first kappa shape index (κ1) is 16.4. The predicted molar refractivity (Wildman–Crippen MR) is 84.3 cm³/mol. The van der Waals surface area contributed by atoms with Gasteiger partial charge in [-0.1, -0.05) is 13.8 Å². The van der Waals surface area contributed by atoms with Crippen LogP contribution < -0.4 is 17.0 Å². The molecular weight excluding hydrogens is 286 g/mol. The van der Waals surface area contributed by atoms with Crippen LogP contribution in [0.2, 0.25) is 0 Å². The van der Waals surface area contributed by atoms with Crippen molar-refractivity contribution in [1.29, 1.82) is 0 Å². The maximum absolute atomic E-state index is 12.6. The molecular formula is C14H23N5O3. The van der Waals surface area contributed by atoms with E-state index in [1.54, 1.807) is 18.7 Å². The quantitative estimate of drug-likeness (QED) is 0.785. The summed E-state index contributed by atoms with van der Waals surface area (Å²) in [5, 5.41) is 0. The van der Waals surface area contributed by atoms with Crippen LogP contribution in [0.15, 0.2) is 9.59 Å². The first-order chi connectivity index (χ1) is 10.4. The van der Waals surface area contributed by atoms with Gasteiger partial charge in [0.15, 0.2) is 11.2 Å². The van der Waals surface area contributed by atoms with Crippen LogP contribution in [0.5, 0.6) is 0 Å². The standard InChI is InChI=1S/C14H23N5O3/c1-9(2)11-16-12-10(17(11)3)13(20)19(6-5-15)14(21)18(12)7-8-22-4/h9H,5-8,15H2,1-4H3. The highest BCUT2D eigenvalue weighted by Gasteiger charge is 2.20. The number of methoxy groups -OCH3 is 1. The molecule has 122 valence electrons. The Bertz CT molecular complexity index is 784. The molecule has 0 saturated heterocycles. The molecule has 0 aliphatic carbocycles. The second-order valence-corrected chi connectivity index (χ2v) is 5.53. The highest BCUT2D eigenvalue weighted by Crippen LogP contribution is 2.17. The minimum atomic E-state index is -0.395. The average Bonchev–Trinajstić information content (AvgIpc) is 2.81. The minimum Gasteiger partial charge on any atom is -0.383 e. The summed E-state index contributed by atoms with van der Waals surface area (Å²) in [5.74, 6) is 0.911. The minimum absolute atomic E-state index is 0.144. The van der Waals surface area contributed by atoms with E-state index in [9.17, 15) is 9.59 Å². The Labute approximate surface area is 128 Å². The van der Waals surface area contributed by atoms with Gasteiger partial charge in [0.05, 0.1) is 13.2 Å². The van der Waals surface area contributed by atoms with Gasteiger partial charge in [-0.3, -0.25) is 13.9 Å². The van der Waals surface area contributed by atoms with E-state index in [4.69, 9.17) is 10.5 Å². The SMILES string of the molecule is COCCn1c(=O)n(CCN)c(=O)c2c1nc(C(C)C)n2C. The molecule has 2 aromatic heterocycles. The van der Waals surface area contributed by atoms with E-state index >= 15 is 0 Å². The lowest BCUT2D eigenvalue weighted by Gasteiger charge is -2.10. The predicted octanol–water partition coefficient (Wildman–Crippen LogP) is -0.375. The van der Waals surface area contributed by atoms with Crippen LogP contribution in [0.25, 0.3) is 11.2 Å². The van der Waals surface area contributed by atoms with Crippen molar-refractivity contribution in [2.24, 2.45) is 12.8 Å². The zero-order valence-corrected chi connectivity index (χ0v) is 13.5. The number of imidazole rings is 1. The normalized spacial score (nSPS) is 11.7. The average molecular weight is 309 g/mol. The van der Waals surface area contributed by atoms with E-state index in [0.29, 0.717) is 24.3 Å². The van der Waals surface area contributed by atoms with Gasteiger partial charge in [0.2, 0.25) is 0 Å². The van der Waals surface area contributed by atoms with Gasteiger partial charge in [-0.15, -0.1) is 0 Å². The summed E-state index contributed by atoms with van der Waals surface area (Å²) in [6, 6.07) is 0. The fraction of sp³-hybridized carbons (Fsp3) is 0.643. The van der Waals surface area contributed by atoms with Crippen molar-refractivity contribution in [2.45, 2.75) is 32.9 Å². The van der Waals surface area contributed by atoms with Gasteiger partial charge in [-0.2, -0.15) is 0 Å². The molecule has 0 aliphatic rings. The summed E-state index contributed by atoms with van der Waals surface area (Å²) >= 11 is 0. The van der Waals surface area contributed by atoms with Gasteiger partial charge in [-0.05, 0) is 0 Å². The number of nitrogens with zero attached hydrogens (tertiary/aromatic N) is 4. The van der Waals surface area contributed by atoms with E-state index in [1.807, 2.05) is 13.8 Å². The molecule has 8 nitrogen and oxygen atoms in total. The lowest BCUT2D eigenvalue weighted by molar-refractivity contribution is 0.186. The summed E-state index contributed by atoms with van der Waals surface area (Å²) in [7, 11) is 3.36. The second-order valence-electron chi connectivity index (χ2n) is 5.53. The van der Waals surface area contributed by atoms with Crippen LogP contribution in [0.4, 0.5) is 0 Å². The van der Waals surface area contributed by atoms with Crippen LogP contribution >= 0.6 is 0 Å². The van der Waals surface area contributed by atoms with Crippen molar-refractivity contribution in [1.82, 2.24) is 18.7 Å². The smallest absolute Gasteiger partial charge is 0.332 e. The Morgan fingerprint density at radius 1 is 1.23 bits per heavy atom. The molecule has 2 heterocycles. The summed E-state index contributed by atoms with van der Waals surface area (Å²) in [6.07, 6.45) is 0. The number of hydrogen-bond donors (Lipinski definition) is 1. The van der Waals surface area contributed by atoms with Gasteiger partial charge >= 0.3 is 5.69 Å². The van der Waals surface area contributed by atoms with Crippen LogP contribution in [0, 0.1) is 0 Å². The van der Waals surface area contributed by atoms with Crippen LogP contribution in [0.1, 0.15) is 25.6 Å². The third kappa shape index (κ3) is 2.59. The third-order valence-corrected chi connectivity index (χ3v) is 3.66. The molecule has 0 spiro atoms. The van der Waals surface area contributed by atoms with E-state index < -0.39 is 5.69 Å². The van der Waals surface area contributed by atoms with E-state index in [-0.39, 0.29) is 24.6 Å². The Morgan fingerprint density at radius 3 is 2.45 bits per heavy atom. The first-order valence-corrected chi connectivity index (χ1v) is 7.33. The van der Waals surface area contributed by atoms with E-state index in [0.717, 1.165) is 5.82 Å². The highest BCUT2D eigenvalue weighted by atomic mass is 16.5. The summed E-state index contributed by atoms with van der Waals surface area (Å²) in [4.78, 5) is 29.7. The Morgan fingerprint density at radius 2 is 1.91 bits per heavy atom. The van der Waals surface area contributed by atoms with Crippen molar-refractivity contribution in [2.75, 3.05) is 20.3 Å². The zero-order chi connectivity index (χ0) is 16.4. The van der Waals surface area contributed by atoms with E-state index in [2.05, 4.69) is 4.98 Å². The summed E-state index contributed by atoms with van der Waals surface area (Å²) in [6.45, 7) is 5.10. The molecule has 0 atom stereocenters. The number of hydrogen-bond acceptors (Lipinski definition) is 5. The molecule has 0 amide bonds. The van der Waals surface area contributed by atoms with Crippen molar-refractivity contribution in [3.63, 3.8) is 0 Å². The molecule has 0 unspecified atom stereocenters. The number of aromatic nitrogens is 4. The number of rotatable bonds is 6. The molecule has 0 saturated carbocycles. The Balaban J connectivity index is 2.87. The second kappa shape index (κ2) is 6.45. The van der Waals surface area contributed by atoms with Crippen molar-refractivity contribution >= 4 is 11.2 Å². The van der Waals surface area contributed by atoms with Crippen LogP contribution in [-0.4, -0.2) is 38.9 Å². The van der Waals surface area contributed by atoms with Crippen molar-refractivity contribution in [3.05, 3.63) is 26.7 Å². The first-order valence-electron chi connectivity index (χ1n) is 7.33. The molecule has 2 N–H and O–H groups in total. The van der Waals surface area contributed by atoms with Gasteiger partial charge in [-0.25, -0.2) is 9.78 Å². The van der Waals surface area contributed by atoms with Crippen LogP contribution in [0.3, 0.4) is 0 Å². The van der Waals surface area contributed by atoms with Gasteiger partial charge in [0.25, 0.3) is 5.56 Å². The van der Waals surface area contributed by atoms with Crippen molar-refractivity contribution in [3.8, 4) is 0 Å². The zero-order valence-electron chi connectivity index (χ0n) is 13.5. The van der Waals surface area contributed by atoms with E-state index in [1.165, 1.54) is 9.13 Å². The number of aryl methyl sites for hydroxylation is 1. The lowest BCUT2D eigenvalue weighted by Crippen LogP contribution is -2.42. The molecule has 0 bridgehead atoms. The summed E-state index contributed by atoms with van der Waals surface area (Å²) < 4.78 is 9.48. The van der Waals surface area contributed by atoms with Gasteiger partial charge in [0.1, 0.15) is 5.82 Å². The van der Waals surface area contributed by atoms with Gasteiger partial charge < -0.3 is 15.0 Å². The number of ether oxygens (including phenoxy) is 1. The molecule has 8 heteroatoms. The number of nitrogens with two attached hydrogens (primary N) is 1. The molecule has 0 aliphatic heterocycles. The molecule has 0 fully saturated rings. The van der Waals surface area contributed by atoms with Crippen LogP contribution in [-0.2, 0) is 24.9 Å². The Kier molecular flexibility index (Phi) is 4.82. The lowest BCUT2D eigenvalue weighted by atomic mass is 10.2. The Hall–Kier alpha value is -1.93. The monoisotopic (exact) mass is 309 g/mol. The summed E-state index contributed by atoms with van der Waals surface area (Å²) in [5.41, 5.74) is 5.62. The van der Waals surface area contributed by atoms with Gasteiger partial charge in [0, 0.05) is 33.2 Å². The molecule has 0 radical (unpaired) electrons. The topological polar surface area (TPSA) is 97.1 Å². The third-order valence-electron chi connectivity index (χ3n) is 3.66. The highest BCUT2D eigenvalue weighted by molar-refractivity contribution is 5.71. The molecule has 0 aromatic carbocycles. The largest absolute Gasteiger partial charge is 0.383 e. The fourth-order valence-corrected chi connectivity index (χ4v) is 2.61.